The Morgan fingerprint density at radius 1 is 1.23 bits per heavy atom. The maximum Gasteiger partial charge on any atom is 0.307 e. The van der Waals surface area contributed by atoms with E-state index in [-0.39, 0.29) is 17.5 Å². The van der Waals surface area contributed by atoms with Gasteiger partial charge in [-0.2, -0.15) is 0 Å². The number of fused-ring (bicyclic) bond motifs is 2. The van der Waals surface area contributed by atoms with E-state index in [1.165, 1.54) is 18.2 Å². The first-order chi connectivity index (χ1) is 10.5. The summed E-state index contributed by atoms with van der Waals surface area (Å²) in [6.07, 6.45) is 4.42. The van der Waals surface area contributed by atoms with Crippen LogP contribution in [0, 0.1) is 33.8 Å². The fraction of sp³-hybridized carbons (Fsp3) is 0.333. The summed E-state index contributed by atoms with van der Waals surface area (Å²) in [5.74, 6) is -2.92. The topological polar surface area (TPSA) is 110 Å². The summed E-state index contributed by atoms with van der Waals surface area (Å²) in [6, 6.07) is 5.61. The van der Waals surface area contributed by atoms with Crippen molar-refractivity contribution in [3.05, 3.63) is 46.5 Å². The van der Waals surface area contributed by atoms with Gasteiger partial charge >= 0.3 is 5.97 Å². The Labute approximate surface area is 125 Å². The number of nitrogens with one attached hydrogen (secondary N) is 1. The van der Waals surface area contributed by atoms with Crippen LogP contribution in [-0.4, -0.2) is 21.9 Å². The highest BCUT2D eigenvalue weighted by Crippen LogP contribution is 2.48. The van der Waals surface area contributed by atoms with Gasteiger partial charge in [-0.05, 0) is 24.3 Å². The molecular weight excluding hydrogens is 288 g/mol. The van der Waals surface area contributed by atoms with E-state index in [1.807, 2.05) is 12.2 Å². The average Bonchev–Trinajstić information content (AvgIpc) is 3.07. The Kier molecular flexibility index (Phi) is 3.40. The minimum atomic E-state index is -0.976. The molecule has 0 unspecified atom stereocenters. The predicted octanol–water partition coefficient (Wildman–Crippen LogP) is 2.06. The second-order valence-electron chi connectivity index (χ2n) is 5.63. The molecule has 0 spiro atoms. The van der Waals surface area contributed by atoms with E-state index in [1.54, 1.807) is 6.07 Å². The van der Waals surface area contributed by atoms with Crippen molar-refractivity contribution in [2.45, 2.75) is 6.42 Å². The van der Waals surface area contributed by atoms with Crippen LogP contribution in [-0.2, 0) is 9.59 Å². The average molecular weight is 302 g/mol. The van der Waals surface area contributed by atoms with Crippen molar-refractivity contribution >= 4 is 23.3 Å². The lowest BCUT2D eigenvalue weighted by Gasteiger charge is -2.23. The lowest BCUT2D eigenvalue weighted by molar-refractivity contribution is -0.384. The van der Waals surface area contributed by atoms with E-state index >= 15 is 0 Å². The number of non-ortho nitro benzene ring substituents is 1. The summed E-state index contributed by atoms with van der Waals surface area (Å²) < 4.78 is 0. The number of hydrogen-bond donors (Lipinski definition) is 2. The number of allylic oxidation sites excluding steroid dienone is 2. The number of nitro groups is 1. The molecule has 2 aliphatic rings. The molecule has 2 bridgehead atoms. The Morgan fingerprint density at radius 2 is 1.91 bits per heavy atom. The fourth-order valence-electron chi connectivity index (χ4n) is 3.44. The van der Waals surface area contributed by atoms with Crippen LogP contribution in [0.1, 0.15) is 6.42 Å². The van der Waals surface area contributed by atoms with Crippen molar-refractivity contribution in [1.29, 1.82) is 0 Å². The van der Waals surface area contributed by atoms with E-state index < -0.39 is 28.6 Å². The highest BCUT2D eigenvalue weighted by atomic mass is 16.6. The number of aliphatic carboxylic acids is 1. The summed E-state index contributed by atoms with van der Waals surface area (Å²) in [5, 5.41) is 22.7. The van der Waals surface area contributed by atoms with E-state index in [2.05, 4.69) is 5.32 Å². The highest BCUT2D eigenvalue weighted by molar-refractivity contribution is 5.96. The Morgan fingerprint density at radius 3 is 2.55 bits per heavy atom. The predicted molar refractivity (Wildman–Crippen MR) is 77.1 cm³/mol. The Bertz CT molecular complexity index is 684. The number of nitro benzene ring substituents is 1. The summed E-state index contributed by atoms with van der Waals surface area (Å²) in [4.78, 5) is 34.0. The molecule has 2 N–H and O–H groups in total. The number of carbonyl (C=O) groups is 2. The zero-order valence-corrected chi connectivity index (χ0v) is 11.5. The number of rotatable bonds is 4. The van der Waals surface area contributed by atoms with Crippen molar-refractivity contribution in [3.8, 4) is 0 Å². The van der Waals surface area contributed by atoms with Gasteiger partial charge in [-0.3, -0.25) is 19.7 Å². The third-order valence-electron chi connectivity index (χ3n) is 4.37. The van der Waals surface area contributed by atoms with Crippen molar-refractivity contribution in [1.82, 2.24) is 0 Å². The standard InChI is InChI=1S/C15H14N2O5/c18-14(16-10-2-1-3-11(7-10)17(21)22)12-8-4-5-9(6-8)13(12)15(19)20/h1-5,7-9,12-13H,6H2,(H,16,18)(H,19,20)/t8-,9+,12+,13-/m0/s1. The molecule has 22 heavy (non-hydrogen) atoms. The van der Waals surface area contributed by atoms with Crippen LogP contribution < -0.4 is 5.32 Å². The van der Waals surface area contributed by atoms with E-state index in [0.29, 0.717) is 12.1 Å². The van der Waals surface area contributed by atoms with Gasteiger partial charge in [0.2, 0.25) is 5.91 Å². The second kappa shape index (κ2) is 5.25. The third-order valence-corrected chi connectivity index (χ3v) is 4.37. The largest absolute Gasteiger partial charge is 0.481 e. The first kappa shape index (κ1) is 14.2. The van der Waals surface area contributed by atoms with E-state index in [4.69, 9.17) is 0 Å². The number of benzene rings is 1. The monoisotopic (exact) mass is 302 g/mol. The van der Waals surface area contributed by atoms with E-state index in [9.17, 15) is 24.8 Å². The molecule has 1 amide bonds. The van der Waals surface area contributed by atoms with Crippen LogP contribution in [0.25, 0.3) is 0 Å². The molecule has 0 radical (unpaired) electrons. The Hall–Kier alpha value is -2.70. The van der Waals surface area contributed by atoms with Crippen molar-refractivity contribution in [2.24, 2.45) is 23.7 Å². The molecule has 0 saturated heterocycles. The van der Waals surface area contributed by atoms with Gasteiger partial charge in [-0.1, -0.05) is 18.2 Å². The molecule has 0 heterocycles. The lowest BCUT2D eigenvalue weighted by Crippen LogP contribution is -2.36. The second-order valence-corrected chi connectivity index (χ2v) is 5.63. The summed E-state index contributed by atoms with van der Waals surface area (Å²) >= 11 is 0. The van der Waals surface area contributed by atoms with Crippen LogP contribution in [0.5, 0.6) is 0 Å². The molecule has 0 aliphatic heterocycles. The molecular formula is C15H14N2O5. The summed E-state index contributed by atoms with van der Waals surface area (Å²) in [6.45, 7) is 0. The van der Waals surface area contributed by atoms with Gasteiger partial charge < -0.3 is 10.4 Å². The van der Waals surface area contributed by atoms with Crippen LogP contribution >= 0.6 is 0 Å². The zero-order chi connectivity index (χ0) is 15.9. The quantitative estimate of drug-likeness (QED) is 0.502. The Balaban J connectivity index is 1.80. The molecule has 1 aromatic rings. The maximum absolute atomic E-state index is 12.4. The molecule has 1 fully saturated rings. The summed E-state index contributed by atoms with van der Waals surface area (Å²) in [5.41, 5.74) is 0.176. The molecule has 1 aromatic carbocycles. The highest BCUT2D eigenvalue weighted by Gasteiger charge is 2.51. The minimum absolute atomic E-state index is 0.0789. The van der Waals surface area contributed by atoms with Crippen molar-refractivity contribution in [2.75, 3.05) is 5.32 Å². The van der Waals surface area contributed by atoms with Gasteiger partial charge in [0.15, 0.2) is 0 Å². The SMILES string of the molecule is O=C(O)[C@@H]1[C@H](C(=O)Nc2cccc([N+](=O)[O-])c2)[C@H]2C=C[C@@H]1C2. The van der Waals surface area contributed by atoms with Crippen LogP contribution in [0.4, 0.5) is 11.4 Å². The molecule has 0 aromatic heterocycles. The van der Waals surface area contributed by atoms with Crippen LogP contribution in [0.2, 0.25) is 0 Å². The first-order valence-corrected chi connectivity index (χ1v) is 6.94. The fourth-order valence-corrected chi connectivity index (χ4v) is 3.44. The number of carboxylic acid groups (broad SMARTS) is 1. The van der Waals surface area contributed by atoms with Crippen molar-refractivity contribution in [3.63, 3.8) is 0 Å². The van der Waals surface area contributed by atoms with Gasteiger partial charge in [0.1, 0.15) is 0 Å². The maximum atomic E-state index is 12.4. The molecule has 7 heteroatoms. The molecule has 2 aliphatic carbocycles. The number of nitrogens with zero attached hydrogens (tertiary/aromatic N) is 1. The number of anilines is 1. The van der Waals surface area contributed by atoms with Gasteiger partial charge in [0.25, 0.3) is 5.69 Å². The van der Waals surface area contributed by atoms with E-state index in [0.717, 1.165) is 0 Å². The van der Waals surface area contributed by atoms with Gasteiger partial charge in [0, 0.05) is 17.8 Å². The third kappa shape index (κ3) is 2.34. The van der Waals surface area contributed by atoms with Gasteiger partial charge in [-0.15, -0.1) is 0 Å². The smallest absolute Gasteiger partial charge is 0.307 e. The van der Waals surface area contributed by atoms with Crippen LogP contribution in [0.15, 0.2) is 36.4 Å². The summed E-state index contributed by atoms with van der Waals surface area (Å²) in [7, 11) is 0. The molecule has 4 atom stereocenters. The lowest BCUT2D eigenvalue weighted by atomic mass is 9.82. The van der Waals surface area contributed by atoms with Gasteiger partial charge in [-0.25, -0.2) is 0 Å². The normalized spacial score (nSPS) is 28.5. The number of amides is 1. The zero-order valence-electron chi connectivity index (χ0n) is 11.5. The van der Waals surface area contributed by atoms with Crippen LogP contribution in [0.3, 0.4) is 0 Å². The molecule has 7 nitrogen and oxygen atoms in total. The molecule has 1 saturated carbocycles. The minimum Gasteiger partial charge on any atom is -0.481 e. The molecule has 114 valence electrons. The number of hydrogen-bond acceptors (Lipinski definition) is 4. The first-order valence-electron chi connectivity index (χ1n) is 6.94. The van der Waals surface area contributed by atoms with Crippen molar-refractivity contribution < 1.29 is 19.6 Å². The number of carbonyl (C=O) groups excluding carboxylic acids is 1. The van der Waals surface area contributed by atoms with Gasteiger partial charge in [0.05, 0.1) is 16.8 Å². The molecule has 3 rings (SSSR count). The number of carboxylic acids is 1.